The standard InChI is InChI=1S/C20H20BrNO3/c1-3-10-25-20(24)17-12(2)22-15-8-5-9-16(23)19(15)18(17)13-6-4-7-14(21)11-13/h3-4,6-7,11,18,22H,1,5,8-10H2,2H3/t18-/m0/s1. The lowest BCUT2D eigenvalue weighted by atomic mass is 9.75. The Labute approximate surface area is 155 Å². The van der Waals surface area contributed by atoms with E-state index in [1.807, 2.05) is 31.2 Å². The van der Waals surface area contributed by atoms with Crippen LogP contribution in [0, 0.1) is 0 Å². The summed E-state index contributed by atoms with van der Waals surface area (Å²) in [7, 11) is 0. The van der Waals surface area contributed by atoms with E-state index in [0.29, 0.717) is 17.6 Å². The Bertz CT molecular complexity index is 807. The van der Waals surface area contributed by atoms with Crippen molar-refractivity contribution in [2.75, 3.05) is 6.61 Å². The molecule has 1 atom stereocenters. The number of hydrogen-bond donors (Lipinski definition) is 1. The Morgan fingerprint density at radius 2 is 2.24 bits per heavy atom. The quantitative estimate of drug-likeness (QED) is 0.608. The second kappa shape index (κ2) is 7.40. The molecule has 0 fully saturated rings. The molecular weight excluding hydrogens is 382 g/mol. The minimum Gasteiger partial charge on any atom is -0.458 e. The summed E-state index contributed by atoms with van der Waals surface area (Å²) < 4.78 is 6.21. The van der Waals surface area contributed by atoms with Crippen LogP contribution in [0.25, 0.3) is 0 Å². The van der Waals surface area contributed by atoms with E-state index in [0.717, 1.165) is 34.3 Å². The molecule has 1 heterocycles. The number of carbonyl (C=O) groups is 2. The number of halogens is 1. The third-order valence-electron chi connectivity index (χ3n) is 4.51. The fourth-order valence-corrected chi connectivity index (χ4v) is 3.90. The second-order valence-corrected chi connectivity index (χ2v) is 7.12. The maximum Gasteiger partial charge on any atom is 0.337 e. The average molecular weight is 402 g/mol. The van der Waals surface area contributed by atoms with E-state index in [1.54, 1.807) is 0 Å². The summed E-state index contributed by atoms with van der Waals surface area (Å²) in [6.07, 6.45) is 3.70. The third-order valence-corrected chi connectivity index (χ3v) is 5.00. The number of ether oxygens (including phenoxy) is 1. The van der Waals surface area contributed by atoms with Crippen LogP contribution < -0.4 is 5.32 Å². The molecule has 0 amide bonds. The van der Waals surface area contributed by atoms with Gasteiger partial charge < -0.3 is 10.1 Å². The fourth-order valence-electron chi connectivity index (χ4n) is 3.49. The summed E-state index contributed by atoms with van der Waals surface area (Å²) >= 11 is 3.48. The summed E-state index contributed by atoms with van der Waals surface area (Å²) in [4.78, 5) is 25.4. The van der Waals surface area contributed by atoms with Crippen LogP contribution in [0.15, 0.2) is 63.9 Å². The van der Waals surface area contributed by atoms with Crippen molar-refractivity contribution in [1.82, 2.24) is 5.32 Å². The van der Waals surface area contributed by atoms with Crippen molar-refractivity contribution >= 4 is 27.7 Å². The predicted octanol–water partition coefficient (Wildman–Crippen LogP) is 4.15. The Morgan fingerprint density at radius 3 is 2.96 bits per heavy atom. The van der Waals surface area contributed by atoms with Gasteiger partial charge in [-0.3, -0.25) is 4.79 Å². The van der Waals surface area contributed by atoms with Gasteiger partial charge >= 0.3 is 5.97 Å². The zero-order valence-electron chi connectivity index (χ0n) is 14.1. The van der Waals surface area contributed by atoms with Gasteiger partial charge in [0.1, 0.15) is 6.61 Å². The molecule has 130 valence electrons. The Hall–Kier alpha value is -2.14. The van der Waals surface area contributed by atoms with Crippen molar-refractivity contribution in [3.63, 3.8) is 0 Å². The largest absolute Gasteiger partial charge is 0.458 e. The SMILES string of the molecule is C=CCOC(=O)C1=C(C)NC2=C(C(=O)CCC2)[C@H]1c1cccc(Br)c1. The van der Waals surface area contributed by atoms with E-state index in [1.165, 1.54) is 6.08 Å². The Kier molecular flexibility index (Phi) is 5.23. The van der Waals surface area contributed by atoms with E-state index < -0.39 is 11.9 Å². The highest BCUT2D eigenvalue weighted by Gasteiger charge is 2.39. The van der Waals surface area contributed by atoms with Crippen LogP contribution in [0.4, 0.5) is 0 Å². The van der Waals surface area contributed by atoms with Gasteiger partial charge in [-0.05, 0) is 37.5 Å². The molecule has 0 bridgehead atoms. The van der Waals surface area contributed by atoms with Gasteiger partial charge in [-0.15, -0.1) is 0 Å². The van der Waals surface area contributed by atoms with Crippen LogP contribution in [0.5, 0.6) is 0 Å². The van der Waals surface area contributed by atoms with Crippen molar-refractivity contribution < 1.29 is 14.3 Å². The van der Waals surface area contributed by atoms with E-state index in [-0.39, 0.29) is 12.4 Å². The molecule has 1 aromatic carbocycles. The van der Waals surface area contributed by atoms with Crippen LogP contribution in [0.3, 0.4) is 0 Å². The van der Waals surface area contributed by atoms with Gasteiger partial charge in [-0.1, -0.05) is 40.7 Å². The number of hydrogen-bond acceptors (Lipinski definition) is 4. The lowest BCUT2D eigenvalue weighted by Crippen LogP contribution is -2.34. The van der Waals surface area contributed by atoms with Crippen LogP contribution >= 0.6 is 15.9 Å². The molecule has 1 aliphatic heterocycles. The molecule has 0 spiro atoms. The minimum atomic E-state index is -0.417. The molecule has 1 aromatic rings. The molecule has 1 aliphatic carbocycles. The van der Waals surface area contributed by atoms with Crippen LogP contribution in [-0.2, 0) is 14.3 Å². The minimum absolute atomic E-state index is 0.0975. The van der Waals surface area contributed by atoms with Crippen molar-refractivity contribution in [3.8, 4) is 0 Å². The second-order valence-electron chi connectivity index (χ2n) is 6.21. The van der Waals surface area contributed by atoms with E-state index >= 15 is 0 Å². The first-order valence-electron chi connectivity index (χ1n) is 8.30. The average Bonchev–Trinajstić information content (AvgIpc) is 2.58. The first-order valence-corrected chi connectivity index (χ1v) is 9.09. The van der Waals surface area contributed by atoms with Crippen molar-refractivity contribution in [2.24, 2.45) is 0 Å². The number of ketones is 1. The fraction of sp³-hybridized carbons (Fsp3) is 0.300. The summed E-state index contributed by atoms with van der Waals surface area (Å²) in [5.74, 6) is -0.723. The highest BCUT2D eigenvalue weighted by atomic mass is 79.9. The molecule has 0 aromatic heterocycles. The summed E-state index contributed by atoms with van der Waals surface area (Å²) in [6.45, 7) is 5.58. The summed E-state index contributed by atoms with van der Waals surface area (Å²) in [5, 5.41) is 3.27. The van der Waals surface area contributed by atoms with Gasteiger partial charge in [0.25, 0.3) is 0 Å². The van der Waals surface area contributed by atoms with Gasteiger partial charge in [-0.25, -0.2) is 4.79 Å². The number of nitrogens with one attached hydrogen (secondary N) is 1. The zero-order valence-corrected chi connectivity index (χ0v) is 15.7. The smallest absolute Gasteiger partial charge is 0.337 e. The molecule has 3 rings (SSSR count). The van der Waals surface area contributed by atoms with E-state index in [2.05, 4.69) is 27.8 Å². The molecule has 0 radical (unpaired) electrons. The number of rotatable bonds is 4. The first-order chi connectivity index (χ1) is 12.0. The normalized spacial score (nSPS) is 20.1. The molecule has 0 unspecified atom stereocenters. The first kappa shape index (κ1) is 17.7. The zero-order chi connectivity index (χ0) is 18.0. The van der Waals surface area contributed by atoms with Crippen molar-refractivity contribution in [1.29, 1.82) is 0 Å². The van der Waals surface area contributed by atoms with Gasteiger partial charge in [-0.2, -0.15) is 0 Å². The molecule has 0 saturated heterocycles. The predicted molar refractivity (Wildman–Crippen MR) is 99.8 cm³/mol. The van der Waals surface area contributed by atoms with Crippen LogP contribution in [0.1, 0.15) is 37.7 Å². The number of carbonyl (C=O) groups excluding carboxylic acids is 2. The molecule has 0 saturated carbocycles. The molecule has 4 nitrogen and oxygen atoms in total. The lowest BCUT2D eigenvalue weighted by Gasteiger charge is -2.34. The highest BCUT2D eigenvalue weighted by Crippen LogP contribution is 2.42. The Morgan fingerprint density at radius 1 is 1.44 bits per heavy atom. The van der Waals surface area contributed by atoms with Gasteiger partial charge in [0.2, 0.25) is 0 Å². The maximum atomic E-state index is 12.7. The van der Waals surface area contributed by atoms with E-state index in [4.69, 9.17) is 4.74 Å². The van der Waals surface area contributed by atoms with Gasteiger partial charge in [0, 0.05) is 33.8 Å². The Balaban J connectivity index is 2.13. The van der Waals surface area contributed by atoms with Crippen molar-refractivity contribution in [3.05, 3.63) is 69.5 Å². The maximum absolute atomic E-state index is 12.7. The number of benzene rings is 1. The third kappa shape index (κ3) is 3.47. The van der Waals surface area contributed by atoms with Crippen LogP contribution in [0.2, 0.25) is 0 Å². The highest BCUT2D eigenvalue weighted by molar-refractivity contribution is 9.10. The van der Waals surface area contributed by atoms with Gasteiger partial charge in [0.05, 0.1) is 5.57 Å². The lowest BCUT2D eigenvalue weighted by molar-refractivity contribution is -0.138. The monoisotopic (exact) mass is 401 g/mol. The topological polar surface area (TPSA) is 55.4 Å². The molecule has 25 heavy (non-hydrogen) atoms. The van der Waals surface area contributed by atoms with E-state index in [9.17, 15) is 9.59 Å². The number of esters is 1. The molecule has 2 aliphatic rings. The number of dihydropyridines is 1. The molecule has 5 heteroatoms. The van der Waals surface area contributed by atoms with Crippen molar-refractivity contribution in [2.45, 2.75) is 32.1 Å². The summed E-state index contributed by atoms with van der Waals surface area (Å²) in [6, 6.07) is 7.74. The molecule has 1 N–H and O–H groups in total. The number of allylic oxidation sites excluding steroid dienone is 3. The summed E-state index contributed by atoms with van der Waals surface area (Å²) in [5.41, 5.74) is 3.77. The van der Waals surface area contributed by atoms with Crippen LogP contribution in [-0.4, -0.2) is 18.4 Å². The molecular formula is C20H20BrNO3. The number of Topliss-reactive ketones (excluding diaryl/α,β-unsaturated/α-hetero) is 1. The van der Waals surface area contributed by atoms with Gasteiger partial charge in [0.15, 0.2) is 5.78 Å².